The van der Waals surface area contributed by atoms with E-state index in [1.54, 1.807) is 19.2 Å². The van der Waals surface area contributed by atoms with Crippen molar-refractivity contribution in [1.29, 1.82) is 0 Å². The molecule has 2 aromatic rings. The summed E-state index contributed by atoms with van der Waals surface area (Å²) < 4.78 is 5.08. The van der Waals surface area contributed by atoms with Crippen molar-refractivity contribution < 1.29 is 9.53 Å². The highest BCUT2D eigenvalue weighted by atomic mass is 16.5. The minimum absolute atomic E-state index is 0.153. The molecule has 0 amide bonds. The maximum absolute atomic E-state index is 12.0. The lowest BCUT2D eigenvalue weighted by atomic mass is 10.1. The number of rotatable bonds is 5. The molecule has 0 aromatic heterocycles. The van der Waals surface area contributed by atoms with Gasteiger partial charge < -0.3 is 4.74 Å². The highest BCUT2D eigenvalue weighted by Crippen LogP contribution is 2.13. The maximum atomic E-state index is 12.0. The molecule has 22 heavy (non-hydrogen) atoms. The van der Waals surface area contributed by atoms with Crippen molar-refractivity contribution in [3.05, 3.63) is 65.2 Å². The SMILES string of the molecule is COc1ccc(C(=O)CCCC#Cc2ccc(C)cc2)cc1. The van der Waals surface area contributed by atoms with Gasteiger partial charge in [-0.2, -0.15) is 0 Å². The summed E-state index contributed by atoms with van der Waals surface area (Å²) in [7, 11) is 1.61. The minimum atomic E-state index is 0.153. The summed E-state index contributed by atoms with van der Waals surface area (Å²) >= 11 is 0. The molecule has 0 spiro atoms. The van der Waals surface area contributed by atoms with Crippen LogP contribution < -0.4 is 4.74 Å². The molecule has 0 atom stereocenters. The van der Waals surface area contributed by atoms with Gasteiger partial charge in [-0.3, -0.25) is 4.79 Å². The first kappa shape index (κ1) is 15.9. The minimum Gasteiger partial charge on any atom is -0.497 e. The number of ketones is 1. The summed E-state index contributed by atoms with van der Waals surface area (Å²) in [6.45, 7) is 2.06. The van der Waals surface area contributed by atoms with Crippen LogP contribution in [0.3, 0.4) is 0 Å². The fraction of sp³-hybridized carbons (Fsp3) is 0.250. The lowest BCUT2D eigenvalue weighted by molar-refractivity contribution is 0.0980. The largest absolute Gasteiger partial charge is 0.497 e. The Bertz CT molecular complexity index is 670. The standard InChI is InChI=1S/C20H20O2/c1-16-8-10-17(11-9-16)6-4-3-5-7-20(21)18-12-14-19(22-2)15-13-18/h8-15H,3,5,7H2,1-2H3. The monoisotopic (exact) mass is 292 g/mol. The quantitative estimate of drug-likeness (QED) is 0.463. The third-order valence-corrected chi connectivity index (χ3v) is 3.40. The van der Waals surface area contributed by atoms with E-state index >= 15 is 0 Å². The fourth-order valence-corrected chi connectivity index (χ4v) is 2.06. The van der Waals surface area contributed by atoms with Gasteiger partial charge in [-0.05, 0) is 49.7 Å². The number of hydrogen-bond donors (Lipinski definition) is 0. The van der Waals surface area contributed by atoms with E-state index in [9.17, 15) is 4.79 Å². The number of Topliss-reactive ketones (excluding diaryl/α,β-unsaturated/α-hetero) is 1. The van der Waals surface area contributed by atoms with Crippen LogP contribution in [0.15, 0.2) is 48.5 Å². The second kappa shape index (κ2) is 8.05. The Morgan fingerprint density at radius 3 is 2.36 bits per heavy atom. The van der Waals surface area contributed by atoms with Gasteiger partial charge in [0.1, 0.15) is 5.75 Å². The normalized spacial score (nSPS) is 9.73. The second-order valence-electron chi connectivity index (χ2n) is 5.17. The maximum Gasteiger partial charge on any atom is 0.162 e. The molecule has 0 saturated heterocycles. The van der Waals surface area contributed by atoms with Crippen LogP contribution in [-0.2, 0) is 0 Å². The topological polar surface area (TPSA) is 26.3 Å². The zero-order valence-corrected chi connectivity index (χ0v) is 13.1. The summed E-state index contributed by atoms with van der Waals surface area (Å²) in [4.78, 5) is 12.0. The van der Waals surface area contributed by atoms with E-state index in [0.717, 1.165) is 29.7 Å². The molecule has 0 radical (unpaired) electrons. The van der Waals surface area contributed by atoms with Crippen molar-refractivity contribution in [2.45, 2.75) is 26.2 Å². The Morgan fingerprint density at radius 1 is 1.05 bits per heavy atom. The molecule has 0 aliphatic heterocycles. The van der Waals surface area contributed by atoms with Gasteiger partial charge in [0.05, 0.1) is 7.11 Å². The zero-order valence-electron chi connectivity index (χ0n) is 13.1. The van der Waals surface area contributed by atoms with Crippen molar-refractivity contribution in [1.82, 2.24) is 0 Å². The molecule has 0 aliphatic rings. The third kappa shape index (κ3) is 4.79. The van der Waals surface area contributed by atoms with Gasteiger partial charge in [0, 0.05) is 24.0 Å². The summed E-state index contributed by atoms with van der Waals surface area (Å²) in [5, 5.41) is 0. The number of ether oxygens (including phenoxy) is 1. The van der Waals surface area contributed by atoms with Gasteiger partial charge >= 0.3 is 0 Å². The summed E-state index contributed by atoms with van der Waals surface area (Å²) in [5.74, 6) is 7.16. The molecule has 0 heterocycles. The van der Waals surface area contributed by atoms with Crippen molar-refractivity contribution >= 4 is 5.78 Å². The molecule has 0 unspecified atom stereocenters. The van der Waals surface area contributed by atoms with E-state index in [0.29, 0.717) is 6.42 Å². The van der Waals surface area contributed by atoms with Crippen LogP contribution in [0.4, 0.5) is 0 Å². The third-order valence-electron chi connectivity index (χ3n) is 3.40. The molecule has 0 N–H and O–H groups in total. The number of unbranched alkanes of at least 4 members (excludes halogenated alkanes) is 1. The molecule has 0 fully saturated rings. The molecule has 0 saturated carbocycles. The van der Waals surface area contributed by atoms with Crippen LogP contribution in [0, 0.1) is 18.8 Å². The first-order valence-electron chi connectivity index (χ1n) is 7.42. The van der Waals surface area contributed by atoms with Crippen LogP contribution in [0.1, 0.15) is 40.7 Å². The number of carbonyl (C=O) groups excluding carboxylic acids is 1. The Labute approximate surface area is 132 Å². The average Bonchev–Trinajstić information content (AvgIpc) is 2.56. The van der Waals surface area contributed by atoms with E-state index in [-0.39, 0.29) is 5.78 Å². The lowest BCUT2D eigenvalue weighted by Gasteiger charge is -2.02. The average molecular weight is 292 g/mol. The predicted molar refractivity (Wildman–Crippen MR) is 89.2 cm³/mol. The molecule has 0 aliphatic carbocycles. The number of aryl methyl sites for hydroxylation is 1. The highest BCUT2D eigenvalue weighted by molar-refractivity contribution is 5.96. The van der Waals surface area contributed by atoms with E-state index in [4.69, 9.17) is 4.74 Å². The van der Waals surface area contributed by atoms with Gasteiger partial charge in [-0.25, -0.2) is 0 Å². The van der Waals surface area contributed by atoms with Crippen LogP contribution in [0.2, 0.25) is 0 Å². The highest BCUT2D eigenvalue weighted by Gasteiger charge is 2.04. The summed E-state index contributed by atoms with van der Waals surface area (Å²) in [5.41, 5.74) is 2.98. The van der Waals surface area contributed by atoms with Crippen LogP contribution in [0.25, 0.3) is 0 Å². The number of benzene rings is 2. The second-order valence-corrected chi connectivity index (χ2v) is 5.17. The number of carbonyl (C=O) groups is 1. The predicted octanol–water partition coefficient (Wildman–Crippen LogP) is 4.41. The molecule has 2 heteroatoms. The summed E-state index contributed by atoms with van der Waals surface area (Å²) in [6.07, 6.45) is 2.04. The molecular weight excluding hydrogens is 272 g/mol. The number of methoxy groups -OCH3 is 1. The van der Waals surface area contributed by atoms with Gasteiger partial charge in [-0.15, -0.1) is 0 Å². The molecular formula is C20H20O2. The Balaban J connectivity index is 1.78. The van der Waals surface area contributed by atoms with Crippen LogP contribution in [-0.4, -0.2) is 12.9 Å². The van der Waals surface area contributed by atoms with Crippen LogP contribution in [0.5, 0.6) is 5.75 Å². The van der Waals surface area contributed by atoms with Gasteiger partial charge in [0.2, 0.25) is 0 Å². The van der Waals surface area contributed by atoms with E-state index in [1.807, 2.05) is 24.3 Å². The van der Waals surface area contributed by atoms with Crippen molar-refractivity contribution in [3.8, 4) is 17.6 Å². The molecule has 2 aromatic carbocycles. The Kier molecular flexibility index (Phi) is 5.80. The Hall–Kier alpha value is -2.53. The molecule has 112 valence electrons. The smallest absolute Gasteiger partial charge is 0.162 e. The summed E-state index contributed by atoms with van der Waals surface area (Å²) in [6, 6.07) is 15.4. The molecule has 0 bridgehead atoms. The van der Waals surface area contributed by atoms with E-state index < -0.39 is 0 Å². The van der Waals surface area contributed by atoms with Gasteiger partial charge in [0.15, 0.2) is 5.78 Å². The van der Waals surface area contributed by atoms with Crippen molar-refractivity contribution in [3.63, 3.8) is 0 Å². The van der Waals surface area contributed by atoms with E-state index in [2.05, 4.69) is 30.9 Å². The number of hydrogen-bond acceptors (Lipinski definition) is 2. The van der Waals surface area contributed by atoms with Crippen LogP contribution >= 0.6 is 0 Å². The van der Waals surface area contributed by atoms with Gasteiger partial charge in [-0.1, -0.05) is 29.5 Å². The lowest BCUT2D eigenvalue weighted by Crippen LogP contribution is -1.98. The first-order chi connectivity index (χ1) is 10.7. The van der Waals surface area contributed by atoms with Gasteiger partial charge in [0.25, 0.3) is 0 Å². The zero-order chi connectivity index (χ0) is 15.8. The molecule has 2 rings (SSSR count). The fourth-order valence-electron chi connectivity index (χ4n) is 2.06. The molecule has 2 nitrogen and oxygen atoms in total. The van der Waals surface area contributed by atoms with Crippen molar-refractivity contribution in [2.75, 3.05) is 7.11 Å². The van der Waals surface area contributed by atoms with Crippen molar-refractivity contribution in [2.24, 2.45) is 0 Å². The first-order valence-corrected chi connectivity index (χ1v) is 7.42. The Morgan fingerprint density at radius 2 is 1.73 bits per heavy atom. The van der Waals surface area contributed by atoms with E-state index in [1.165, 1.54) is 5.56 Å².